The monoisotopic (exact) mass is 372 g/mol. The molecule has 0 fully saturated rings. The fraction of sp³-hybridized carbons (Fsp3) is 0.400. The number of esters is 1. The van der Waals surface area contributed by atoms with Gasteiger partial charge in [-0.3, -0.25) is 9.59 Å². The van der Waals surface area contributed by atoms with Crippen LogP contribution in [0.4, 0.5) is 0 Å². The fourth-order valence-electron chi connectivity index (χ4n) is 2.08. The lowest BCUT2D eigenvalue weighted by Crippen LogP contribution is -2.46. The molecule has 0 aliphatic carbocycles. The number of ether oxygens (including phenoxy) is 1. The van der Waals surface area contributed by atoms with Crippen LogP contribution in [-0.2, 0) is 24.3 Å². The van der Waals surface area contributed by atoms with E-state index in [1.54, 1.807) is 0 Å². The molecule has 0 spiro atoms. The van der Waals surface area contributed by atoms with E-state index < -0.39 is 28.0 Å². The number of aliphatic carboxylic acids is 1. The number of hydrogen-bond acceptors (Lipinski definition) is 6. The number of nitrogens with zero attached hydrogens (tertiary/aromatic N) is 1. The average molecular weight is 372 g/mol. The van der Waals surface area contributed by atoms with Crippen molar-refractivity contribution in [3.8, 4) is 0 Å². The molecule has 9 nitrogen and oxygen atoms in total. The minimum atomic E-state index is -4.33. The van der Waals surface area contributed by atoms with Crippen LogP contribution in [0.15, 0.2) is 29.2 Å². The van der Waals surface area contributed by atoms with E-state index in [1.165, 1.54) is 38.1 Å². The van der Waals surface area contributed by atoms with Crippen molar-refractivity contribution in [2.45, 2.75) is 24.8 Å². The van der Waals surface area contributed by atoms with Gasteiger partial charge in [0.15, 0.2) is 0 Å². The number of carboxylic acid groups (broad SMARTS) is 1. The van der Waals surface area contributed by atoms with Gasteiger partial charge in [-0.15, -0.1) is 0 Å². The molecular formula is C15H20N2O7S. The number of rotatable bonds is 8. The Labute approximate surface area is 145 Å². The zero-order valence-corrected chi connectivity index (χ0v) is 14.9. The van der Waals surface area contributed by atoms with E-state index in [0.29, 0.717) is 4.31 Å². The van der Waals surface area contributed by atoms with Gasteiger partial charge in [-0.1, -0.05) is 12.1 Å². The molecule has 1 atom stereocenters. The van der Waals surface area contributed by atoms with Gasteiger partial charge in [0.2, 0.25) is 15.9 Å². The number of nitrogens with one attached hydrogen (secondary N) is 1. The smallest absolute Gasteiger partial charge is 0.339 e. The second kappa shape index (κ2) is 8.58. The first-order chi connectivity index (χ1) is 11.6. The highest BCUT2D eigenvalue weighted by Gasteiger charge is 2.35. The van der Waals surface area contributed by atoms with Crippen LogP contribution in [0.1, 0.15) is 24.2 Å². The molecule has 0 saturated carbocycles. The molecule has 1 aromatic rings. The predicted molar refractivity (Wildman–Crippen MR) is 87.5 cm³/mol. The molecule has 0 radical (unpaired) electrons. The van der Waals surface area contributed by atoms with E-state index in [4.69, 9.17) is 0 Å². The summed E-state index contributed by atoms with van der Waals surface area (Å²) in [5.74, 6) is -2.60. The van der Waals surface area contributed by atoms with Crippen molar-refractivity contribution in [3.05, 3.63) is 29.8 Å². The lowest BCUT2D eigenvalue weighted by atomic mass is 10.2. The SMILES string of the molecule is COC(=O)c1ccccc1S(=O)(=O)N(CCNC(C)=O)C(C)C(=O)O. The second-order valence-corrected chi connectivity index (χ2v) is 6.96. The highest BCUT2D eigenvalue weighted by Crippen LogP contribution is 2.22. The Morgan fingerprint density at radius 1 is 1.28 bits per heavy atom. The largest absolute Gasteiger partial charge is 0.480 e. The first-order valence-corrected chi connectivity index (χ1v) is 8.73. The Morgan fingerprint density at radius 3 is 2.40 bits per heavy atom. The van der Waals surface area contributed by atoms with Gasteiger partial charge in [-0.2, -0.15) is 4.31 Å². The minimum absolute atomic E-state index is 0.0768. The third kappa shape index (κ3) is 5.00. The molecule has 1 amide bonds. The quantitative estimate of drug-likeness (QED) is 0.618. The summed E-state index contributed by atoms with van der Waals surface area (Å²) in [6.07, 6.45) is 0. The van der Waals surface area contributed by atoms with Crippen LogP contribution in [0.5, 0.6) is 0 Å². The molecule has 0 aliphatic heterocycles. The number of amides is 1. The summed E-state index contributed by atoms with van der Waals surface area (Å²) in [7, 11) is -3.22. The summed E-state index contributed by atoms with van der Waals surface area (Å²) in [4.78, 5) is 33.7. The van der Waals surface area contributed by atoms with Crippen molar-refractivity contribution in [2.24, 2.45) is 0 Å². The summed E-state index contributed by atoms with van der Waals surface area (Å²) in [6.45, 7) is 2.11. The van der Waals surface area contributed by atoms with Gasteiger partial charge < -0.3 is 15.2 Å². The lowest BCUT2D eigenvalue weighted by molar-refractivity contribution is -0.140. The van der Waals surface area contributed by atoms with Crippen LogP contribution < -0.4 is 5.32 Å². The number of benzene rings is 1. The van der Waals surface area contributed by atoms with Crippen LogP contribution in [0.2, 0.25) is 0 Å². The van der Waals surface area contributed by atoms with Crippen molar-refractivity contribution >= 4 is 27.9 Å². The highest BCUT2D eigenvalue weighted by molar-refractivity contribution is 7.89. The van der Waals surface area contributed by atoms with E-state index in [9.17, 15) is 27.9 Å². The normalized spacial score (nSPS) is 12.5. The number of sulfonamides is 1. The average Bonchev–Trinajstić information content (AvgIpc) is 2.56. The zero-order valence-electron chi connectivity index (χ0n) is 14.1. The minimum Gasteiger partial charge on any atom is -0.480 e. The van der Waals surface area contributed by atoms with Gasteiger partial charge in [0.05, 0.1) is 17.6 Å². The van der Waals surface area contributed by atoms with Gasteiger partial charge in [-0.05, 0) is 19.1 Å². The van der Waals surface area contributed by atoms with Gasteiger partial charge >= 0.3 is 11.9 Å². The lowest BCUT2D eigenvalue weighted by Gasteiger charge is -2.26. The first-order valence-electron chi connectivity index (χ1n) is 7.29. The molecular weight excluding hydrogens is 352 g/mol. The number of carboxylic acids is 1. The van der Waals surface area contributed by atoms with Crippen LogP contribution in [-0.4, -0.2) is 61.9 Å². The maximum atomic E-state index is 12.9. The molecule has 1 rings (SSSR count). The number of carbonyl (C=O) groups is 3. The van der Waals surface area contributed by atoms with Crippen LogP contribution in [0, 0.1) is 0 Å². The number of carbonyl (C=O) groups excluding carboxylic acids is 2. The van der Waals surface area contributed by atoms with Gasteiger partial charge in [0.1, 0.15) is 6.04 Å². The molecule has 0 bridgehead atoms. The summed E-state index contributed by atoms with van der Waals surface area (Å²) < 4.78 is 31.2. The molecule has 0 saturated heterocycles. The van der Waals surface area contributed by atoms with E-state index in [0.717, 1.165) is 7.11 Å². The second-order valence-electron chi connectivity index (χ2n) is 5.10. The first kappa shape index (κ1) is 20.6. The Balaban J connectivity index is 3.34. The highest BCUT2D eigenvalue weighted by atomic mass is 32.2. The number of methoxy groups -OCH3 is 1. The van der Waals surface area contributed by atoms with Crippen LogP contribution >= 0.6 is 0 Å². The topological polar surface area (TPSA) is 130 Å². The van der Waals surface area contributed by atoms with E-state index in [2.05, 4.69) is 10.1 Å². The van der Waals surface area contributed by atoms with Crippen LogP contribution in [0.3, 0.4) is 0 Å². The van der Waals surface area contributed by atoms with Crippen molar-refractivity contribution in [1.82, 2.24) is 9.62 Å². The van der Waals surface area contributed by atoms with Crippen molar-refractivity contribution in [3.63, 3.8) is 0 Å². The van der Waals surface area contributed by atoms with Crippen LogP contribution in [0.25, 0.3) is 0 Å². The van der Waals surface area contributed by atoms with Crippen molar-refractivity contribution in [1.29, 1.82) is 0 Å². The molecule has 0 aliphatic rings. The molecule has 0 aromatic heterocycles. The third-order valence-electron chi connectivity index (χ3n) is 3.37. The van der Waals surface area contributed by atoms with Crippen molar-refractivity contribution in [2.75, 3.05) is 20.2 Å². The summed E-state index contributed by atoms with van der Waals surface area (Å²) >= 11 is 0. The molecule has 0 heterocycles. The molecule has 1 aromatic carbocycles. The standard InChI is InChI=1S/C15H20N2O7S/c1-10(14(19)20)17(9-8-16-11(2)18)25(22,23)13-7-5-4-6-12(13)15(21)24-3/h4-7,10H,8-9H2,1-3H3,(H,16,18)(H,19,20). The Hall–Kier alpha value is -2.46. The van der Waals surface area contributed by atoms with Crippen molar-refractivity contribution < 1.29 is 32.6 Å². The Morgan fingerprint density at radius 2 is 1.88 bits per heavy atom. The van der Waals surface area contributed by atoms with E-state index in [-0.39, 0.29) is 29.5 Å². The molecule has 1 unspecified atom stereocenters. The summed E-state index contributed by atoms with van der Waals surface area (Å²) in [5, 5.41) is 11.6. The Bertz CT molecular complexity index is 761. The number of hydrogen-bond donors (Lipinski definition) is 2. The maximum Gasteiger partial charge on any atom is 0.339 e. The van der Waals surface area contributed by atoms with Gasteiger partial charge in [0, 0.05) is 20.0 Å². The maximum absolute atomic E-state index is 12.9. The molecule has 25 heavy (non-hydrogen) atoms. The van der Waals surface area contributed by atoms with E-state index in [1.807, 2.05) is 0 Å². The summed E-state index contributed by atoms with van der Waals surface area (Å²) in [5.41, 5.74) is -0.202. The third-order valence-corrected chi connectivity index (χ3v) is 5.40. The molecule has 2 N–H and O–H groups in total. The predicted octanol–water partition coefficient (Wildman–Crippen LogP) is 0.0731. The zero-order chi connectivity index (χ0) is 19.2. The van der Waals surface area contributed by atoms with Gasteiger partial charge in [0.25, 0.3) is 0 Å². The Kier molecular flexibility index (Phi) is 7.07. The van der Waals surface area contributed by atoms with Gasteiger partial charge in [-0.25, -0.2) is 13.2 Å². The molecule has 10 heteroatoms. The van der Waals surface area contributed by atoms with E-state index >= 15 is 0 Å². The summed E-state index contributed by atoms with van der Waals surface area (Å²) in [6, 6.07) is 3.95. The molecule has 138 valence electrons. The fourth-order valence-corrected chi connectivity index (χ4v) is 3.85.